The Balaban J connectivity index is 0.865. The number of hydrogen-bond donors (Lipinski definition) is 3. The van der Waals surface area contributed by atoms with Crippen molar-refractivity contribution in [3.05, 3.63) is 176 Å². The van der Waals surface area contributed by atoms with Gasteiger partial charge >= 0.3 is 25.3 Å². The molecule has 9 atom stereocenters. The third-order valence-corrected chi connectivity index (χ3v) is 21.8. The normalized spacial score (nSPS) is 24.4. The number of anilines is 1. The van der Waals surface area contributed by atoms with Crippen molar-refractivity contribution in [2.24, 2.45) is 0 Å². The molecule has 3 aromatic heterocycles. The van der Waals surface area contributed by atoms with Gasteiger partial charge in [0, 0.05) is 41.3 Å². The zero-order valence-electron chi connectivity index (χ0n) is 46.2. The van der Waals surface area contributed by atoms with Gasteiger partial charge in [-0.05, 0) is 83.6 Å². The Morgan fingerprint density at radius 3 is 2.00 bits per heavy atom. The van der Waals surface area contributed by atoms with Gasteiger partial charge in [0.25, 0.3) is 5.56 Å². The van der Waals surface area contributed by atoms with Crippen LogP contribution in [0.25, 0.3) is 11.2 Å². The zero-order chi connectivity index (χ0) is 58.8. The summed E-state index contributed by atoms with van der Waals surface area (Å²) in [4.78, 5) is 67.1. The summed E-state index contributed by atoms with van der Waals surface area (Å²) in [5, 5.41) is 12.0. The van der Waals surface area contributed by atoms with E-state index in [1.165, 1.54) is 51.2 Å². The van der Waals surface area contributed by atoms with E-state index >= 15 is 9.13 Å². The van der Waals surface area contributed by atoms with Gasteiger partial charge in [0.15, 0.2) is 23.5 Å². The lowest BCUT2D eigenvalue weighted by atomic mass is 10.0. The van der Waals surface area contributed by atoms with Gasteiger partial charge in [-0.3, -0.25) is 41.8 Å². The van der Waals surface area contributed by atoms with Crippen LogP contribution in [0.4, 0.5) is 5.82 Å². The Kier molecular flexibility index (Phi) is 20.2. The maximum absolute atomic E-state index is 15.4. The molecule has 0 amide bonds. The largest absolute Gasteiger partial charge is 0.494 e. The maximum atomic E-state index is 15.4. The number of ether oxygens (including phenoxy) is 4. The van der Waals surface area contributed by atoms with E-state index in [0.29, 0.717) is 51.3 Å². The molecule has 3 aliphatic rings. The van der Waals surface area contributed by atoms with Gasteiger partial charge in [-0.25, -0.2) is 33.7 Å². The first-order valence-electron chi connectivity index (χ1n) is 27.8. The third-order valence-electron chi connectivity index (χ3n) is 14.4. The van der Waals surface area contributed by atoms with Crippen LogP contribution in [-0.2, 0) is 48.2 Å². The summed E-state index contributed by atoms with van der Waals surface area (Å²) in [6, 6.07) is 28.4. The summed E-state index contributed by atoms with van der Waals surface area (Å²) < 4.78 is 83.1. The first-order valence-corrected chi connectivity index (χ1v) is 34.0. The van der Waals surface area contributed by atoms with Crippen LogP contribution in [0, 0.1) is 6.92 Å². The lowest BCUT2D eigenvalue weighted by molar-refractivity contribution is -0.0592. The molecule has 3 aliphatic heterocycles. The quantitative estimate of drug-likeness (QED) is 0.0187. The van der Waals surface area contributed by atoms with E-state index in [1.807, 2.05) is 19.1 Å². The smallest absolute Gasteiger partial charge is 0.390 e. The summed E-state index contributed by atoms with van der Waals surface area (Å²) in [5.41, 5.74) is 8.70. The second-order valence-corrected chi connectivity index (χ2v) is 28.6. The molecule has 10 rings (SSSR count). The van der Waals surface area contributed by atoms with E-state index in [0.717, 1.165) is 58.0 Å². The van der Waals surface area contributed by atoms with Crippen LogP contribution in [0.2, 0.25) is 0 Å². The molecule has 0 spiro atoms. The average Bonchev–Trinajstić information content (AvgIpc) is 4.34. The number of hydrogen-bond acceptors (Lipinski definition) is 21. The van der Waals surface area contributed by atoms with Crippen molar-refractivity contribution in [2.45, 2.75) is 126 Å². The highest BCUT2D eigenvalue weighted by atomic mass is 32.7. The minimum atomic E-state index is -4.52. The molecule has 0 aliphatic carbocycles. The number of H-pyrrole nitrogens is 1. The number of carbonyl (C=O) groups is 2. The van der Waals surface area contributed by atoms with Crippen molar-refractivity contribution >= 4 is 65.1 Å². The highest BCUT2D eigenvalue weighted by Gasteiger charge is 2.52. The summed E-state index contributed by atoms with van der Waals surface area (Å²) in [6.07, 6.45) is 4.15. The Labute approximate surface area is 492 Å². The van der Waals surface area contributed by atoms with Crippen LogP contribution in [0.15, 0.2) is 132 Å². The minimum Gasteiger partial charge on any atom is -0.494 e. The van der Waals surface area contributed by atoms with Crippen molar-refractivity contribution in [3.63, 3.8) is 0 Å². The number of nitrogens with two attached hydrogens (primary N) is 1. The van der Waals surface area contributed by atoms with Gasteiger partial charge in [-0.2, -0.15) is 0 Å². The van der Waals surface area contributed by atoms with Crippen LogP contribution in [-0.4, -0.2) is 96.3 Å². The second kappa shape index (κ2) is 27.8. The monoisotopic (exact) mass is 1230 g/mol. The van der Waals surface area contributed by atoms with Crippen molar-refractivity contribution in [1.82, 2.24) is 29.1 Å². The highest BCUT2D eigenvalue weighted by Crippen LogP contribution is 2.67. The number of ketones is 1. The van der Waals surface area contributed by atoms with Gasteiger partial charge in [-0.15, -0.1) is 0 Å². The van der Waals surface area contributed by atoms with Gasteiger partial charge in [0.1, 0.15) is 60.1 Å². The molecule has 3 saturated heterocycles. The fourth-order valence-electron chi connectivity index (χ4n) is 9.74. The number of imidazole rings is 1. The number of aromatic nitrogens is 6. The third kappa shape index (κ3) is 15.2. The number of aliphatic hydroxyl groups is 1. The maximum Gasteiger partial charge on any atom is 0.390 e. The number of nitrogens with one attached hydrogen (secondary N) is 1. The van der Waals surface area contributed by atoms with Gasteiger partial charge in [-0.1, -0.05) is 118 Å². The number of unbranched alkanes of at least 4 members (excludes halogenated alkanes) is 7. The molecule has 22 nitrogen and oxygen atoms in total. The van der Waals surface area contributed by atoms with Crippen LogP contribution < -0.4 is 26.5 Å². The molecule has 3 fully saturated rings. The van der Waals surface area contributed by atoms with E-state index in [1.54, 1.807) is 89.5 Å². The first-order chi connectivity index (χ1) is 40.6. The number of nitrogens with zero attached hydrogens (tertiary/aromatic N) is 5. The van der Waals surface area contributed by atoms with Crippen molar-refractivity contribution in [2.75, 3.05) is 25.6 Å². The number of aryl methyl sites for hydroxylation is 1. The van der Waals surface area contributed by atoms with E-state index in [4.69, 9.17) is 42.8 Å². The van der Waals surface area contributed by atoms with E-state index < -0.39 is 87.0 Å². The Morgan fingerprint density at radius 2 is 1.32 bits per heavy atom. The van der Waals surface area contributed by atoms with Gasteiger partial charge in [0.05, 0.1) is 31.7 Å². The Bertz CT molecular complexity index is 3610. The summed E-state index contributed by atoms with van der Waals surface area (Å²) in [7, 11) is 0. The number of nitrogen functional groups attached to an aromatic ring is 1. The highest BCUT2D eigenvalue weighted by molar-refractivity contribution is 8.55. The molecule has 0 radical (unpaired) electrons. The minimum absolute atomic E-state index is 0.00434. The molecule has 84 heavy (non-hydrogen) atoms. The predicted octanol–water partition coefficient (Wildman–Crippen LogP) is 10.7. The number of aromatic amines is 1. The molecular formula is C58H65N7O15P2S2. The molecule has 0 saturated carbocycles. The predicted molar refractivity (Wildman–Crippen MR) is 316 cm³/mol. The van der Waals surface area contributed by atoms with Crippen LogP contribution in [0.3, 0.4) is 0 Å². The van der Waals surface area contributed by atoms with Crippen LogP contribution >= 0.6 is 36.4 Å². The summed E-state index contributed by atoms with van der Waals surface area (Å²) in [5.74, 6) is 0.348. The van der Waals surface area contributed by atoms with E-state index in [2.05, 4.69) is 26.9 Å². The molecule has 2 bridgehead atoms. The van der Waals surface area contributed by atoms with Crippen LogP contribution in [0.1, 0.15) is 120 Å². The van der Waals surface area contributed by atoms with Crippen molar-refractivity contribution in [3.8, 4) is 11.5 Å². The lowest BCUT2D eigenvalue weighted by Crippen LogP contribution is -2.39. The Morgan fingerprint density at radius 1 is 0.714 bits per heavy atom. The van der Waals surface area contributed by atoms with Crippen molar-refractivity contribution < 1.29 is 60.9 Å². The molecule has 6 heterocycles. The molecule has 444 valence electrons. The number of aliphatic hydroxyl groups excluding tert-OH is 1. The topological polar surface area (TPSA) is 287 Å². The summed E-state index contributed by atoms with van der Waals surface area (Å²) in [6.45, 7) is -5.26. The second-order valence-electron chi connectivity index (χ2n) is 20.5. The molecule has 4 N–H and O–H groups in total. The Hall–Kier alpha value is -6.27. The number of benzene rings is 4. The lowest BCUT2D eigenvalue weighted by Gasteiger charge is -2.28. The molecule has 7 aromatic rings. The molecule has 2 unspecified atom stereocenters. The van der Waals surface area contributed by atoms with Gasteiger partial charge in [0.2, 0.25) is 0 Å². The number of rotatable bonds is 22. The zero-order valence-corrected chi connectivity index (χ0v) is 49.6. The summed E-state index contributed by atoms with van der Waals surface area (Å²) >= 11 is 1.59. The standard InChI is InChI=1S/C58H65N7O15P2S2/c1-3-4-5-6-7-8-9-10-29-73-43-25-21-42(22-26-43)57(69)76-44-23-15-39(16-24-44)34-83-81(71)75-32-47-52(68)53(56(78-47)64-28-27-48(66)63-58(64)70)80-82(72,84-33-38-13-19-41(20-14-38)51(67)40-17-11-37(2)12-18-40)74-31-46-45(79-81)30-49(77-46)65-36-62-50-54(59)60-35-61-55(50)65/h11-28,35-36,45-47,49,52-53,56,68H,3-10,29-34H2,1-2H3,(H2,59,60,61)(H,63,66,70)/t45-,46+,47+,49+,52+,53+,56+,81?,82?/m0/s1. The number of carbonyl (C=O) groups excluding carboxylic acids is 2. The van der Waals surface area contributed by atoms with E-state index in [9.17, 15) is 24.3 Å². The SMILES string of the molecule is CCCCCCCCCCOc1ccc(C(=O)Oc2ccc(CSP3(=O)OC[C@H]4O[C@@H](n5ccc(=O)[nH]c5=O)[C@H](OP(=O)(SCc5ccc(C(=O)c6ccc(C)cc6)cc5)OC[C@H]5O[C@@H](n6cnc7c(N)ncnc76)C[C@@H]5O3)[C@@H]4O)cc2)cc1. The fraction of sp³-hybridized carbons (Fsp3) is 0.397. The fourth-order valence-corrected chi connectivity index (χ4v) is 16.5. The molecular weight excluding hydrogens is 1160 g/mol. The van der Waals surface area contributed by atoms with Gasteiger partial charge < -0.3 is 29.8 Å². The number of fused-ring (bicyclic) bond motifs is 4. The van der Waals surface area contributed by atoms with Crippen molar-refractivity contribution in [1.29, 1.82) is 0 Å². The van der Waals surface area contributed by atoms with Crippen LogP contribution in [0.5, 0.6) is 11.5 Å². The average molecular weight is 1230 g/mol. The number of esters is 1. The molecule has 4 aromatic carbocycles. The van der Waals surface area contributed by atoms with E-state index in [-0.39, 0.29) is 35.3 Å². The first kappa shape index (κ1) is 60.8. The molecule has 26 heteroatoms.